The Morgan fingerprint density at radius 2 is 2.00 bits per heavy atom. The van der Waals surface area contributed by atoms with Crippen LogP contribution in [0.4, 0.5) is 0 Å². The number of nitrogens with two attached hydrogens (primary N) is 1. The van der Waals surface area contributed by atoms with Gasteiger partial charge in [0.05, 0.1) is 0 Å². The van der Waals surface area contributed by atoms with Gasteiger partial charge in [-0.2, -0.15) is 0 Å². The van der Waals surface area contributed by atoms with E-state index in [-0.39, 0.29) is 7.43 Å². The first-order valence-electron chi connectivity index (χ1n) is 2.12. The van der Waals surface area contributed by atoms with Gasteiger partial charge in [-0.1, -0.05) is 13.3 Å². The van der Waals surface area contributed by atoms with Gasteiger partial charge in [-0.05, 0) is 13.0 Å². The van der Waals surface area contributed by atoms with Crippen LogP contribution >= 0.6 is 0 Å². The van der Waals surface area contributed by atoms with Crippen LogP contribution in [0.1, 0.15) is 19.8 Å². The topological polar surface area (TPSA) is 26.0 Å². The molecule has 0 heterocycles. The third-order valence-electron chi connectivity index (χ3n) is 0.558. The molecule has 0 aromatic rings. The van der Waals surface area contributed by atoms with Crippen molar-refractivity contribution >= 4 is 0 Å². The van der Waals surface area contributed by atoms with E-state index < -0.39 is 0 Å². The molecule has 0 aliphatic carbocycles. The molecule has 0 spiro atoms. The van der Waals surface area contributed by atoms with Crippen molar-refractivity contribution in [1.82, 2.24) is 0 Å². The van der Waals surface area contributed by atoms with Crippen LogP contribution < -0.4 is 5.73 Å². The van der Waals surface area contributed by atoms with E-state index in [1.165, 1.54) is 12.8 Å². The number of unbranched alkanes of at least 4 members (excludes halogenated alkanes) is 1. The van der Waals surface area contributed by atoms with E-state index in [1.54, 1.807) is 0 Å². The molecular formula is C5H11N. The minimum atomic E-state index is 0. The largest absolute Gasteiger partial charge is 0.330 e. The van der Waals surface area contributed by atoms with E-state index in [4.69, 9.17) is 5.73 Å². The average molecular weight is 85.1 g/mol. The lowest BCUT2D eigenvalue weighted by Gasteiger charge is -1.80. The Balaban J connectivity index is 0. The van der Waals surface area contributed by atoms with Gasteiger partial charge >= 0.3 is 0 Å². The maximum absolute atomic E-state index is 5.14. The summed E-state index contributed by atoms with van der Waals surface area (Å²) in [6.45, 7) is 2.98. The van der Waals surface area contributed by atoms with Crippen LogP contribution in [-0.4, -0.2) is 6.54 Å². The van der Waals surface area contributed by atoms with E-state index in [1.807, 2.05) is 0 Å². The van der Waals surface area contributed by atoms with E-state index >= 15 is 0 Å². The summed E-state index contributed by atoms with van der Waals surface area (Å²) in [4.78, 5) is 0. The Morgan fingerprint density at radius 1 is 1.50 bits per heavy atom. The van der Waals surface area contributed by atoms with Gasteiger partial charge in [0.15, 0.2) is 0 Å². The molecule has 0 rings (SSSR count). The lowest BCUT2D eigenvalue weighted by molar-refractivity contribution is 0.807. The zero-order chi connectivity index (χ0) is 4.12. The quantitative estimate of drug-likeness (QED) is 0.528. The van der Waals surface area contributed by atoms with Crippen molar-refractivity contribution in [2.75, 3.05) is 6.54 Å². The highest BCUT2D eigenvalue weighted by atomic mass is 14.5. The standard InChI is InChI=1S/C4H11N.C/c1-2-3-4-5;/h2-5H2,1H3;. The van der Waals surface area contributed by atoms with Crippen molar-refractivity contribution in [1.29, 1.82) is 0 Å². The Kier molecular flexibility index (Phi) is 13.8. The van der Waals surface area contributed by atoms with Crippen molar-refractivity contribution in [3.05, 3.63) is 7.43 Å². The van der Waals surface area contributed by atoms with E-state index in [0.717, 1.165) is 6.54 Å². The number of hydrogen-bond donors (Lipinski definition) is 1. The second-order valence-electron chi connectivity index (χ2n) is 1.14. The summed E-state index contributed by atoms with van der Waals surface area (Å²) in [7, 11) is 0. The summed E-state index contributed by atoms with van der Waals surface area (Å²) in [5.41, 5.74) is 5.14. The second-order valence-corrected chi connectivity index (χ2v) is 1.14. The smallest absolute Gasteiger partial charge is 0 e. The van der Waals surface area contributed by atoms with Crippen LogP contribution in [0.3, 0.4) is 0 Å². The normalized spacial score (nSPS) is 7.00. The molecule has 0 amide bonds. The molecule has 2 N–H and O–H groups in total. The summed E-state index contributed by atoms with van der Waals surface area (Å²) in [6, 6.07) is 0. The lowest BCUT2D eigenvalue weighted by atomic mass is 10.3. The molecule has 0 saturated heterocycles. The summed E-state index contributed by atoms with van der Waals surface area (Å²) >= 11 is 0. The highest BCUT2D eigenvalue weighted by Crippen LogP contribution is 1.77. The van der Waals surface area contributed by atoms with Gasteiger partial charge in [-0.3, -0.25) is 0 Å². The molecule has 0 bridgehead atoms. The van der Waals surface area contributed by atoms with Gasteiger partial charge in [0.1, 0.15) is 0 Å². The van der Waals surface area contributed by atoms with Crippen molar-refractivity contribution in [3.63, 3.8) is 0 Å². The molecule has 0 aliphatic rings. The minimum Gasteiger partial charge on any atom is -0.330 e. The molecule has 6 heavy (non-hydrogen) atoms. The van der Waals surface area contributed by atoms with E-state index in [9.17, 15) is 0 Å². The maximum atomic E-state index is 5.14. The van der Waals surface area contributed by atoms with Gasteiger partial charge in [0.25, 0.3) is 0 Å². The molecule has 0 atom stereocenters. The molecule has 36 valence electrons. The number of hydrogen-bond acceptors (Lipinski definition) is 1. The molecule has 0 aromatic carbocycles. The van der Waals surface area contributed by atoms with Gasteiger partial charge in [0.2, 0.25) is 0 Å². The predicted octanol–water partition coefficient (Wildman–Crippen LogP) is 0.826. The van der Waals surface area contributed by atoms with Gasteiger partial charge < -0.3 is 5.73 Å². The molecule has 0 saturated carbocycles. The van der Waals surface area contributed by atoms with Crippen LogP contribution in [0.5, 0.6) is 0 Å². The van der Waals surface area contributed by atoms with Crippen LogP contribution in [0.15, 0.2) is 0 Å². The molecule has 0 aliphatic heterocycles. The summed E-state index contributed by atoms with van der Waals surface area (Å²) in [5, 5.41) is 0. The fourth-order valence-electron chi connectivity index (χ4n) is 0.204. The van der Waals surface area contributed by atoms with E-state index in [2.05, 4.69) is 6.92 Å². The first-order valence-corrected chi connectivity index (χ1v) is 2.12. The highest BCUT2D eigenvalue weighted by Gasteiger charge is 1.67. The van der Waals surface area contributed by atoms with Gasteiger partial charge in [-0.15, -0.1) is 0 Å². The fourth-order valence-corrected chi connectivity index (χ4v) is 0.204. The maximum Gasteiger partial charge on any atom is 0 e. The Morgan fingerprint density at radius 3 is 2.00 bits per heavy atom. The van der Waals surface area contributed by atoms with Crippen LogP contribution in [0.25, 0.3) is 0 Å². The van der Waals surface area contributed by atoms with Crippen molar-refractivity contribution in [2.24, 2.45) is 5.73 Å². The second kappa shape index (κ2) is 8.88. The average Bonchev–Trinajstić information content (AvgIpc) is 1.41. The Bertz CT molecular complexity index is 11.4. The third-order valence-corrected chi connectivity index (χ3v) is 0.558. The molecule has 1 nitrogen and oxygen atoms in total. The summed E-state index contributed by atoms with van der Waals surface area (Å²) in [5.74, 6) is 0. The molecule has 0 fully saturated rings. The summed E-state index contributed by atoms with van der Waals surface area (Å²) < 4.78 is 0. The molecule has 1 heteroatoms. The van der Waals surface area contributed by atoms with Crippen LogP contribution in [0, 0.1) is 7.43 Å². The monoisotopic (exact) mass is 85.1 g/mol. The fraction of sp³-hybridized carbons (Fsp3) is 0.800. The molecule has 4 radical (unpaired) electrons. The Labute approximate surface area is 40.5 Å². The van der Waals surface area contributed by atoms with E-state index in [0.29, 0.717) is 0 Å². The molecule has 0 aromatic heterocycles. The molecular weight excluding hydrogens is 74.1 g/mol. The predicted molar refractivity (Wildman–Crippen MR) is 27.2 cm³/mol. The van der Waals surface area contributed by atoms with Crippen molar-refractivity contribution < 1.29 is 0 Å². The zero-order valence-electron chi connectivity index (χ0n) is 4.20. The minimum absolute atomic E-state index is 0. The molecule has 0 unspecified atom stereocenters. The third kappa shape index (κ3) is 9.03. The summed E-state index contributed by atoms with van der Waals surface area (Å²) in [6.07, 6.45) is 2.39. The van der Waals surface area contributed by atoms with Crippen molar-refractivity contribution in [2.45, 2.75) is 19.8 Å². The van der Waals surface area contributed by atoms with Crippen LogP contribution in [-0.2, 0) is 0 Å². The first-order chi connectivity index (χ1) is 2.41. The van der Waals surface area contributed by atoms with Crippen molar-refractivity contribution in [3.8, 4) is 0 Å². The van der Waals surface area contributed by atoms with Gasteiger partial charge in [-0.25, -0.2) is 0 Å². The number of rotatable bonds is 2. The lowest BCUT2D eigenvalue weighted by Crippen LogP contribution is -1.95. The van der Waals surface area contributed by atoms with Gasteiger partial charge in [0, 0.05) is 7.43 Å². The highest BCUT2D eigenvalue weighted by molar-refractivity contribution is 4.29. The van der Waals surface area contributed by atoms with Crippen LogP contribution in [0.2, 0.25) is 0 Å². The Hall–Kier alpha value is -0.0400. The first kappa shape index (κ1) is 9.35. The SMILES string of the molecule is CCCCN.[C]. The zero-order valence-corrected chi connectivity index (χ0v) is 4.20.